The lowest BCUT2D eigenvalue weighted by Crippen LogP contribution is -2.07. The van der Waals surface area contributed by atoms with E-state index >= 15 is 0 Å². The van der Waals surface area contributed by atoms with Gasteiger partial charge in [-0.1, -0.05) is 0 Å². The highest BCUT2D eigenvalue weighted by Gasteiger charge is 2.33. The summed E-state index contributed by atoms with van der Waals surface area (Å²) in [6.45, 7) is 0. The number of halogens is 8. The van der Waals surface area contributed by atoms with E-state index in [-0.39, 0.29) is 26.8 Å². The first-order valence-electron chi connectivity index (χ1n) is 5.48. The van der Waals surface area contributed by atoms with Crippen LogP contribution in [0.25, 0.3) is 0 Å². The highest BCUT2D eigenvalue weighted by Crippen LogP contribution is 2.38. The van der Waals surface area contributed by atoms with Gasteiger partial charge >= 0.3 is 6.18 Å². The van der Waals surface area contributed by atoms with Crippen LogP contribution in [0.1, 0.15) is 5.56 Å². The first-order valence-corrected chi connectivity index (χ1v) is 7.07. The first-order chi connectivity index (χ1) is 10.1. The lowest BCUT2D eigenvalue weighted by Gasteiger charge is -2.13. The van der Waals surface area contributed by atoms with Crippen molar-refractivity contribution in [3.05, 3.63) is 56.2 Å². The first kappa shape index (κ1) is 17.1. The van der Waals surface area contributed by atoms with Gasteiger partial charge in [0, 0.05) is 0 Å². The molecule has 0 aliphatic carbocycles. The second-order valence-electron chi connectivity index (χ2n) is 4.07. The number of hydrogen-bond donors (Lipinski definition) is 0. The Hall–Kier alpha value is -1.22. The van der Waals surface area contributed by atoms with Gasteiger partial charge in [0.25, 0.3) is 0 Å². The lowest BCUT2D eigenvalue weighted by atomic mass is 10.2. The molecule has 0 saturated heterocycles. The maximum atomic E-state index is 13.7. The predicted octanol–water partition coefficient (Wildman–Crippen LogP) is 6.44. The van der Waals surface area contributed by atoms with Gasteiger partial charge in [-0.3, -0.25) is 0 Å². The number of benzene rings is 2. The molecule has 0 atom stereocenters. The van der Waals surface area contributed by atoms with Crippen molar-refractivity contribution in [2.24, 2.45) is 0 Å². The van der Waals surface area contributed by atoms with Crippen LogP contribution in [-0.2, 0) is 6.18 Å². The Kier molecular flexibility index (Phi) is 4.76. The molecule has 2 aromatic carbocycles. The Bertz CT molecular complexity index is 706. The Morgan fingerprint density at radius 3 is 1.82 bits per heavy atom. The third kappa shape index (κ3) is 3.57. The van der Waals surface area contributed by atoms with E-state index in [1.807, 2.05) is 0 Å². The van der Waals surface area contributed by atoms with Crippen LogP contribution in [0.2, 0.25) is 0 Å². The molecular weight excluding hydrogens is 446 g/mol. The molecule has 0 bridgehead atoms. The molecule has 0 aromatic heterocycles. The summed E-state index contributed by atoms with van der Waals surface area (Å²) in [6.07, 6.45) is -4.89. The molecule has 0 spiro atoms. The van der Waals surface area contributed by atoms with Crippen molar-refractivity contribution < 1.29 is 31.1 Å². The van der Waals surface area contributed by atoms with Gasteiger partial charge < -0.3 is 4.74 Å². The van der Waals surface area contributed by atoms with Gasteiger partial charge in [0.15, 0.2) is 17.4 Å². The van der Waals surface area contributed by atoms with E-state index in [2.05, 4.69) is 31.9 Å². The van der Waals surface area contributed by atoms with E-state index in [1.54, 1.807) is 0 Å². The molecule has 2 rings (SSSR count). The number of hydrogen-bond acceptors (Lipinski definition) is 1. The molecule has 2 aromatic rings. The number of alkyl halides is 3. The van der Waals surface area contributed by atoms with Crippen molar-refractivity contribution in [3.8, 4) is 11.5 Å². The second kappa shape index (κ2) is 6.11. The zero-order chi connectivity index (χ0) is 16.7. The molecule has 0 heterocycles. The second-order valence-corrected chi connectivity index (χ2v) is 5.77. The van der Waals surface area contributed by atoms with Gasteiger partial charge in [0.1, 0.15) is 11.6 Å². The fourth-order valence-electron chi connectivity index (χ4n) is 1.51. The van der Waals surface area contributed by atoms with E-state index in [0.717, 1.165) is 12.1 Å². The van der Waals surface area contributed by atoms with Gasteiger partial charge in [-0.25, -0.2) is 13.2 Å². The van der Waals surface area contributed by atoms with Crippen molar-refractivity contribution in [1.82, 2.24) is 0 Å². The third-order valence-corrected chi connectivity index (χ3v) is 3.74. The molecule has 0 unspecified atom stereocenters. The van der Waals surface area contributed by atoms with Gasteiger partial charge in [-0.2, -0.15) is 13.2 Å². The standard InChI is InChI=1S/C13H4Br2F6O/c14-6-4-11(7(15)3-8(6)16)22-12-9(17)1-5(2-10(12)18)13(19,20)21/h1-4H. The molecule has 0 aliphatic heterocycles. The van der Waals surface area contributed by atoms with Crippen LogP contribution in [0.15, 0.2) is 33.2 Å². The summed E-state index contributed by atoms with van der Waals surface area (Å²) in [4.78, 5) is 0. The van der Waals surface area contributed by atoms with E-state index in [9.17, 15) is 26.3 Å². The monoisotopic (exact) mass is 448 g/mol. The zero-order valence-electron chi connectivity index (χ0n) is 10.2. The van der Waals surface area contributed by atoms with E-state index in [0.29, 0.717) is 0 Å². The molecule has 0 saturated carbocycles. The largest absolute Gasteiger partial charge is 0.450 e. The SMILES string of the molecule is Fc1cc(Br)c(Oc2c(F)cc(C(F)(F)F)cc2F)cc1Br. The minimum absolute atomic E-state index is 0.0342. The van der Waals surface area contributed by atoms with Crippen LogP contribution in [0.5, 0.6) is 11.5 Å². The molecule has 0 amide bonds. The summed E-state index contributed by atoms with van der Waals surface area (Å²) in [5.74, 6) is -4.91. The van der Waals surface area contributed by atoms with E-state index < -0.39 is 34.9 Å². The van der Waals surface area contributed by atoms with Gasteiger partial charge in [-0.15, -0.1) is 0 Å². The predicted molar refractivity (Wildman–Crippen MR) is 73.2 cm³/mol. The normalized spacial score (nSPS) is 11.6. The van der Waals surface area contributed by atoms with Crippen molar-refractivity contribution in [2.75, 3.05) is 0 Å². The Morgan fingerprint density at radius 2 is 1.32 bits per heavy atom. The summed E-state index contributed by atoms with van der Waals surface area (Å²) < 4.78 is 82.8. The summed E-state index contributed by atoms with van der Waals surface area (Å²) in [5, 5.41) is 0. The molecule has 9 heteroatoms. The summed E-state index contributed by atoms with van der Waals surface area (Å²) in [6, 6.07) is 2.28. The Morgan fingerprint density at radius 1 is 0.773 bits per heavy atom. The quantitative estimate of drug-likeness (QED) is 0.378. The molecule has 22 heavy (non-hydrogen) atoms. The summed E-state index contributed by atoms with van der Waals surface area (Å²) in [5.41, 5.74) is -1.48. The average molecular weight is 450 g/mol. The average Bonchev–Trinajstić information content (AvgIpc) is 2.38. The summed E-state index contributed by atoms with van der Waals surface area (Å²) in [7, 11) is 0. The molecule has 0 radical (unpaired) electrons. The van der Waals surface area contributed by atoms with Crippen LogP contribution in [0.4, 0.5) is 26.3 Å². The van der Waals surface area contributed by atoms with Gasteiger partial charge in [0.2, 0.25) is 0 Å². The van der Waals surface area contributed by atoms with Gasteiger partial charge in [0.05, 0.1) is 14.5 Å². The molecule has 0 aliphatic rings. The van der Waals surface area contributed by atoms with Gasteiger partial charge in [-0.05, 0) is 56.1 Å². The number of rotatable bonds is 2. The zero-order valence-corrected chi connectivity index (χ0v) is 13.4. The molecular formula is C13H4Br2F6O. The van der Waals surface area contributed by atoms with Crippen LogP contribution in [-0.4, -0.2) is 0 Å². The van der Waals surface area contributed by atoms with Crippen molar-refractivity contribution in [2.45, 2.75) is 6.18 Å². The minimum atomic E-state index is -4.89. The maximum absolute atomic E-state index is 13.7. The molecule has 0 fully saturated rings. The van der Waals surface area contributed by atoms with Crippen LogP contribution in [0.3, 0.4) is 0 Å². The summed E-state index contributed by atoms with van der Waals surface area (Å²) >= 11 is 5.78. The topological polar surface area (TPSA) is 9.23 Å². The highest BCUT2D eigenvalue weighted by molar-refractivity contribution is 9.11. The number of ether oxygens (including phenoxy) is 1. The minimum Gasteiger partial charge on any atom is -0.450 e. The Balaban J connectivity index is 2.45. The smallest absolute Gasteiger partial charge is 0.416 e. The fraction of sp³-hybridized carbons (Fsp3) is 0.0769. The molecule has 0 N–H and O–H groups in total. The van der Waals surface area contributed by atoms with Crippen LogP contribution >= 0.6 is 31.9 Å². The van der Waals surface area contributed by atoms with E-state index in [1.165, 1.54) is 0 Å². The highest BCUT2D eigenvalue weighted by atomic mass is 79.9. The van der Waals surface area contributed by atoms with Crippen LogP contribution < -0.4 is 4.74 Å². The van der Waals surface area contributed by atoms with E-state index in [4.69, 9.17) is 4.74 Å². The van der Waals surface area contributed by atoms with Crippen LogP contribution in [0, 0.1) is 17.5 Å². The maximum Gasteiger partial charge on any atom is 0.416 e. The molecule has 118 valence electrons. The van der Waals surface area contributed by atoms with Crippen molar-refractivity contribution >= 4 is 31.9 Å². The molecule has 1 nitrogen and oxygen atoms in total. The third-order valence-electron chi connectivity index (χ3n) is 2.51. The fourth-order valence-corrected chi connectivity index (χ4v) is 2.23. The lowest BCUT2D eigenvalue weighted by molar-refractivity contribution is -0.138. The Labute approximate surface area is 137 Å². The van der Waals surface area contributed by atoms with Crippen molar-refractivity contribution in [3.63, 3.8) is 0 Å². The van der Waals surface area contributed by atoms with Crippen molar-refractivity contribution in [1.29, 1.82) is 0 Å².